The van der Waals surface area contributed by atoms with Crippen molar-refractivity contribution in [2.24, 2.45) is 5.92 Å². The zero-order chi connectivity index (χ0) is 14.0. The highest BCUT2D eigenvalue weighted by Crippen LogP contribution is 2.29. The van der Waals surface area contributed by atoms with Crippen LogP contribution in [-0.4, -0.2) is 63.8 Å². The van der Waals surface area contributed by atoms with Gasteiger partial charge in [-0.15, -0.1) is 0 Å². The normalized spacial score (nSPS) is 27.2. The lowest BCUT2D eigenvalue weighted by Gasteiger charge is -2.37. The third-order valence-electron chi connectivity index (χ3n) is 3.99. The number of carbonyl (C=O) groups is 2. The Kier molecular flexibility index (Phi) is 4.29. The molecule has 0 aromatic carbocycles. The van der Waals surface area contributed by atoms with Gasteiger partial charge in [0.1, 0.15) is 0 Å². The number of β-amino-alcohol motifs (C(OH)–C–C–N with tert-alkyl or cyclic N) is 1. The monoisotopic (exact) mass is 270 g/mol. The van der Waals surface area contributed by atoms with Crippen molar-refractivity contribution in [3.63, 3.8) is 0 Å². The smallest absolute Gasteiger partial charge is 0.320 e. The zero-order valence-electron chi connectivity index (χ0n) is 11.3. The Bertz CT molecular complexity index is 357. The second-order valence-electron chi connectivity index (χ2n) is 5.63. The van der Waals surface area contributed by atoms with E-state index in [1.165, 1.54) is 0 Å². The first-order chi connectivity index (χ1) is 8.99. The number of aliphatic carboxylic acids is 1. The van der Waals surface area contributed by atoms with Crippen LogP contribution in [0.3, 0.4) is 0 Å². The maximum Gasteiger partial charge on any atom is 0.320 e. The van der Waals surface area contributed by atoms with Gasteiger partial charge in [-0.25, -0.2) is 4.79 Å². The molecule has 0 aromatic rings. The predicted molar refractivity (Wildman–Crippen MR) is 68.7 cm³/mol. The molecule has 0 bridgehead atoms. The molecule has 108 valence electrons. The Morgan fingerprint density at radius 2 is 2.00 bits per heavy atom. The molecule has 2 fully saturated rings. The summed E-state index contributed by atoms with van der Waals surface area (Å²) in [6.07, 6.45) is 2.22. The van der Waals surface area contributed by atoms with Crippen LogP contribution in [0, 0.1) is 5.92 Å². The number of amides is 2. The maximum absolute atomic E-state index is 12.4. The quantitative estimate of drug-likeness (QED) is 0.790. The van der Waals surface area contributed by atoms with Crippen LogP contribution in [0.2, 0.25) is 0 Å². The molecule has 6 nitrogen and oxygen atoms in total. The molecule has 2 atom stereocenters. The van der Waals surface area contributed by atoms with Gasteiger partial charge in [-0.1, -0.05) is 6.92 Å². The summed E-state index contributed by atoms with van der Waals surface area (Å²) in [6.45, 7) is 3.25. The van der Waals surface area contributed by atoms with E-state index in [0.717, 1.165) is 19.3 Å². The molecule has 2 N–H and O–H groups in total. The molecule has 0 radical (unpaired) electrons. The van der Waals surface area contributed by atoms with E-state index in [0.29, 0.717) is 13.1 Å². The van der Waals surface area contributed by atoms with Crippen molar-refractivity contribution in [2.75, 3.05) is 19.6 Å². The number of carboxylic acid groups (broad SMARTS) is 1. The molecule has 19 heavy (non-hydrogen) atoms. The number of carbonyl (C=O) groups excluding carboxylic acids is 1. The Labute approximate surface area is 113 Å². The summed E-state index contributed by atoms with van der Waals surface area (Å²) in [5, 5.41) is 18.6. The van der Waals surface area contributed by atoms with Gasteiger partial charge in [0, 0.05) is 25.7 Å². The van der Waals surface area contributed by atoms with Crippen LogP contribution in [0.25, 0.3) is 0 Å². The van der Waals surface area contributed by atoms with Gasteiger partial charge in [0.25, 0.3) is 0 Å². The molecule has 1 aliphatic heterocycles. The molecule has 2 unspecified atom stereocenters. The fourth-order valence-corrected chi connectivity index (χ4v) is 2.44. The topological polar surface area (TPSA) is 81.1 Å². The lowest BCUT2D eigenvalue weighted by Crippen LogP contribution is -2.52. The summed E-state index contributed by atoms with van der Waals surface area (Å²) in [4.78, 5) is 26.4. The van der Waals surface area contributed by atoms with Crippen molar-refractivity contribution in [2.45, 2.75) is 44.8 Å². The van der Waals surface area contributed by atoms with Crippen molar-refractivity contribution >= 4 is 12.0 Å². The number of hydrogen-bond acceptors (Lipinski definition) is 3. The molecule has 2 amide bonds. The highest BCUT2D eigenvalue weighted by Gasteiger charge is 2.37. The summed E-state index contributed by atoms with van der Waals surface area (Å²) in [7, 11) is 0. The fourth-order valence-electron chi connectivity index (χ4n) is 2.44. The van der Waals surface area contributed by atoms with Gasteiger partial charge >= 0.3 is 12.0 Å². The van der Waals surface area contributed by atoms with Crippen molar-refractivity contribution in [1.82, 2.24) is 9.80 Å². The first-order valence-electron chi connectivity index (χ1n) is 6.94. The number of nitrogens with zero attached hydrogens (tertiary/aromatic N) is 2. The summed E-state index contributed by atoms with van der Waals surface area (Å²) in [6, 6.07) is 0.0815. The molecule has 2 rings (SSSR count). The molecule has 1 saturated carbocycles. The minimum absolute atomic E-state index is 0.0188. The first-order valence-corrected chi connectivity index (χ1v) is 6.94. The number of rotatable bonds is 4. The van der Waals surface area contributed by atoms with Crippen LogP contribution in [-0.2, 0) is 4.79 Å². The van der Waals surface area contributed by atoms with E-state index in [9.17, 15) is 14.7 Å². The Hall–Kier alpha value is -1.30. The Balaban J connectivity index is 1.93. The molecule has 0 spiro atoms. The second kappa shape index (κ2) is 5.77. The molecule has 1 heterocycles. The standard InChI is InChI=1S/C13H22N2O4/c1-9-4-6-14(8-11(9)16)13(19)15(10-2-3-10)7-5-12(17)18/h9-11,16H,2-8H2,1H3,(H,17,18). The van der Waals surface area contributed by atoms with Gasteiger partial charge in [-0.2, -0.15) is 0 Å². The third-order valence-corrected chi connectivity index (χ3v) is 3.99. The summed E-state index contributed by atoms with van der Waals surface area (Å²) in [5.74, 6) is -0.664. The van der Waals surface area contributed by atoms with Crippen LogP contribution in [0.5, 0.6) is 0 Å². The Morgan fingerprint density at radius 1 is 1.32 bits per heavy atom. The summed E-state index contributed by atoms with van der Waals surface area (Å²) in [5.41, 5.74) is 0. The lowest BCUT2D eigenvalue weighted by molar-refractivity contribution is -0.137. The van der Waals surface area contributed by atoms with Crippen LogP contribution < -0.4 is 0 Å². The first kappa shape index (κ1) is 14.1. The second-order valence-corrected chi connectivity index (χ2v) is 5.63. The minimum Gasteiger partial charge on any atom is -0.481 e. The van der Waals surface area contributed by atoms with Crippen molar-refractivity contribution in [3.05, 3.63) is 0 Å². The lowest BCUT2D eigenvalue weighted by atomic mass is 9.96. The van der Waals surface area contributed by atoms with Gasteiger partial charge in [-0.05, 0) is 25.2 Å². The molecular weight excluding hydrogens is 248 g/mol. The molecule has 2 aliphatic rings. The molecule has 1 aliphatic carbocycles. The van der Waals surface area contributed by atoms with E-state index in [4.69, 9.17) is 5.11 Å². The molecule has 1 saturated heterocycles. The van der Waals surface area contributed by atoms with Gasteiger partial charge in [0.15, 0.2) is 0 Å². The van der Waals surface area contributed by atoms with Gasteiger partial charge in [0.05, 0.1) is 12.5 Å². The van der Waals surface area contributed by atoms with Crippen molar-refractivity contribution < 1.29 is 19.8 Å². The van der Waals surface area contributed by atoms with E-state index < -0.39 is 12.1 Å². The highest BCUT2D eigenvalue weighted by molar-refractivity contribution is 5.76. The average molecular weight is 270 g/mol. The number of piperidine rings is 1. The number of aliphatic hydroxyl groups is 1. The molecular formula is C13H22N2O4. The van der Waals surface area contributed by atoms with Gasteiger partial charge in [0.2, 0.25) is 0 Å². The summed E-state index contributed by atoms with van der Waals surface area (Å²) >= 11 is 0. The van der Waals surface area contributed by atoms with Crippen LogP contribution in [0.15, 0.2) is 0 Å². The number of carboxylic acids is 1. The largest absolute Gasteiger partial charge is 0.481 e. The van der Waals surface area contributed by atoms with Gasteiger partial charge < -0.3 is 20.0 Å². The minimum atomic E-state index is -0.884. The van der Waals surface area contributed by atoms with Crippen LogP contribution in [0.4, 0.5) is 4.79 Å². The third kappa shape index (κ3) is 3.59. The number of urea groups is 1. The maximum atomic E-state index is 12.4. The predicted octanol–water partition coefficient (Wildman–Crippen LogP) is 0.748. The SMILES string of the molecule is CC1CCN(C(=O)N(CCC(=O)O)C2CC2)CC1O. The van der Waals surface area contributed by atoms with E-state index in [2.05, 4.69) is 0 Å². The zero-order valence-corrected chi connectivity index (χ0v) is 11.3. The van der Waals surface area contributed by atoms with E-state index in [1.807, 2.05) is 6.92 Å². The molecule has 6 heteroatoms. The van der Waals surface area contributed by atoms with Crippen LogP contribution >= 0.6 is 0 Å². The fraction of sp³-hybridized carbons (Fsp3) is 0.846. The van der Waals surface area contributed by atoms with Gasteiger partial charge in [-0.3, -0.25) is 4.79 Å². The van der Waals surface area contributed by atoms with E-state index >= 15 is 0 Å². The van der Waals surface area contributed by atoms with Crippen molar-refractivity contribution in [1.29, 1.82) is 0 Å². The average Bonchev–Trinajstić information content (AvgIpc) is 3.16. The van der Waals surface area contributed by atoms with Crippen LogP contribution in [0.1, 0.15) is 32.6 Å². The Morgan fingerprint density at radius 3 is 2.53 bits per heavy atom. The number of likely N-dealkylation sites (tertiary alicyclic amines) is 1. The van der Waals surface area contributed by atoms with E-state index in [1.54, 1.807) is 9.80 Å². The number of aliphatic hydroxyl groups excluding tert-OH is 1. The highest BCUT2D eigenvalue weighted by atomic mass is 16.4. The molecule has 0 aromatic heterocycles. The van der Waals surface area contributed by atoms with Crippen molar-refractivity contribution in [3.8, 4) is 0 Å². The summed E-state index contributed by atoms with van der Waals surface area (Å²) < 4.78 is 0. The van der Waals surface area contributed by atoms with E-state index in [-0.39, 0.29) is 31.0 Å². The number of hydrogen-bond donors (Lipinski definition) is 2.